The van der Waals surface area contributed by atoms with Crippen molar-refractivity contribution >= 4 is 38.7 Å². The van der Waals surface area contributed by atoms with Gasteiger partial charge in [-0.05, 0) is 80.4 Å². The van der Waals surface area contributed by atoms with Crippen LogP contribution in [0.2, 0.25) is 0 Å². The molecular formula is C17H21N3O2S2. The van der Waals surface area contributed by atoms with Crippen LogP contribution in [-0.2, 0) is 10.0 Å². The summed E-state index contributed by atoms with van der Waals surface area (Å²) in [6.45, 7) is 7.76. The molecule has 2 aromatic carbocycles. The molecule has 0 aliphatic rings. The standard InChI is InChI=1S/C17H21N3O2S2/c1-10-6-5-7-15(12(10)3)19-17(23)20-16-9-14(24(18,21)22)8-11(2)13(16)4/h5-9H,1-4H3,(H2,18,21,22)(H2,19,20,23). The second-order valence-corrected chi connectivity index (χ2v) is 7.75. The van der Waals surface area contributed by atoms with E-state index in [4.69, 9.17) is 17.4 Å². The van der Waals surface area contributed by atoms with Crippen molar-refractivity contribution in [3.05, 3.63) is 52.6 Å². The summed E-state index contributed by atoms with van der Waals surface area (Å²) in [5.74, 6) is 0. The maximum absolute atomic E-state index is 11.6. The molecule has 0 fully saturated rings. The van der Waals surface area contributed by atoms with E-state index in [2.05, 4.69) is 10.6 Å². The molecule has 5 nitrogen and oxygen atoms in total. The summed E-state index contributed by atoms with van der Waals surface area (Å²) in [4.78, 5) is 0.0580. The largest absolute Gasteiger partial charge is 0.332 e. The SMILES string of the molecule is Cc1cccc(NC(=S)Nc2cc(S(N)(=O)=O)cc(C)c2C)c1C. The van der Waals surface area contributed by atoms with Crippen LogP contribution in [0.1, 0.15) is 22.3 Å². The zero-order valence-electron chi connectivity index (χ0n) is 14.1. The predicted octanol–water partition coefficient (Wildman–Crippen LogP) is 3.38. The number of aryl methyl sites for hydroxylation is 2. The highest BCUT2D eigenvalue weighted by Crippen LogP contribution is 2.24. The van der Waals surface area contributed by atoms with Crippen molar-refractivity contribution in [3.8, 4) is 0 Å². The molecule has 0 aromatic heterocycles. The molecule has 7 heteroatoms. The van der Waals surface area contributed by atoms with Gasteiger partial charge in [0, 0.05) is 11.4 Å². The molecule has 0 atom stereocenters. The Labute approximate surface area is 148 Å². The fourth-order valence-electron chi connectivity index (χ4n) is 2.28. The third-order valence-electron chi connectivity index (χ3n) is 4.07. The molecule has 0 amide bonds. The van der Waals surface area contributed by atoms with Crippen LogP contribution < -0.4 is 15.8 Å². The van der Waals surface area contributed by atoms with E-state index < -0.39 is 10.0 Å². The Kier molecular flexibility index (Phi) is 5.27. The smallest absolute Gasteiger partial charge is 0.238 e. The van der Waals surface area contributed by atoms with E-state index in [9.17, 15) is 8.42 Å². The summed E-state index contributed by atoms with van der Waals surface area (Å²) < 4.78 is 23.2. The minimum absolute atomic E-state index is 0.0580. The van der Waals surface area contributed by atoms with E-state index >= 15 is 0 Å². The van der Waals surface area contributed by atoms with Crippen molar-refractivity contribution in [3.63, 3.8) is 0 Å². The molecule has 128 valence electrons. The van der Waals surface area contributed by atoms with Crippen molar-refractivity contribution in [1.82, 2.24) is 0 Å². The minimum atomic E-state index is -3.78. The molecular weight excluding hydrogens is 342 g/mol. The number of thiocarbonyl (C=S) groups is 1. The molecule has 0 aliphatic carbocycles. The Hall–Kier alpha value is -1.96. The molecule has 0 aliphatic heterocycles. The first-order chi connectivity index (χ1) is 11.1. The fraction of sp³-hybridized carbons (Fsp3) is 0.235. The topological polar surface area (TPSA) is 84.2 Å². The lowest BCUT2D eigenvalue weighted by Crippen LogP contribution is -2.21. The summed E-state index contributed by atoms with van der Waals surface area (Å²) in [6.07, 6.45) is 0. The number of nitrogens with two attached hydrogens (primary N) is 1. The highest BCUT2D eigenvalue weighted by molar-refractivity contribution is 7.89. The normalized spacial score (nSPS) is 11.2. The van der Waals surface area contributed by atoms with Crippen molar-refractivity contribution in [1.29, 1.82) is 0 Å². The van der Waals surface area contributed by atoms with Crippen LogP contribution in [-0.4, -0.2) is 13.5 Å². The lowest BCUT2D eigenvalue weighted by Gasteiger charge is -2.17. The van der Waals surface area contributed by atoms with Gasteiger partial charge in [-0.1, -0.05) is 12.1 Å². The summed E-state index contributed by atoms with van der Waals surface area (Å²) in [7, 11) is -3.78. The lowest BCUT2D eigenvalue weighted by atomic mass is 10.1. The molecule has 0 heterocycles. The van der Waals surface area contributed by atoms with Crippen LogP contribution >= 0.6 is 12.2 Å². The minimum Gasteiger partial charge on any atom is -0.332 e. The third kappa shape index (κ3) is 4.11. The van der Waals surface area contributed by atoms with Crippen LogP contribution in [0.3, 0.4) is 0 Å². The molecule has 0 unspecified atom stereocenters. The second-order valence-electron chi connectivity index (χ2n) is 5.78. The van der Waals surface area contributed by atoms with Gasteiger partial charge >= 0.3 is 0 Å². The quantitative estimate of drug-likeness (QED) is 0.728. The summed E-state index contributed by atoms with van der Waals surface area (Å²) in [5, 5.41) is 11.8. The molecule has 0 spiro atoms. The number of benzene rings is 2. The molecule has 0 saturated carbocycles. The van der Waals surface area contributed by atoms with Crippen molar-refractivity contribution in [2.45, 2.75) is 32.6 Å². The van der Waals surface area contributed by atoms with E-state index in [1.165, 1.54) is 6.07 Å². The molecule has 0 saturated heterocycles. The summed E-state index contributed by atoms with van der Waals surface area (Å²) >= 11 is 5.36. The van der Waals surface area contributed by atoms with Crippen LogP contribution in [0.15, 0.2) is 35.2 Å². The Morgan fingerprint density at radius 1 is 0.958 bits per heavy atom. The van der Waals surface area contributed by atoms with Gasteiger partial charge in [0.05, 0.1) is 4.90 Å². The summed E-state index contributed by atoms with van der Waals surface area (Å²) in [6, 6.07) is 8.96. The molecule has 4 N–H and O–H groups in total. The molecule has 0 bridgehead atoms. The number of rotatable bonds is 3. The van der Waals surface area contributed by atoms with Gasteiger partial charge in [-0.2, -0.15) is 0 Å². The first-order valence-corrected chi connectivity index (χ1v) is 9.33. The van der Waals surface area contributed by atoms with Gasteiger partial charge in [0.1, 0.15) is 0 Å². The molecule has 2 rings (SSSR count). The van der Waals surface area contributed by atoms with Crippen molar-refractivity contribution in [2.75, 3.05) is 10.6 Å². The van der Waals surface area contributed by atoms with Crippen molar-refractivity contribution < 1.29 is 8.42 Å². The summed E-state index contributed by atoms with van der Waals surface area (Å²) in [5.41, 5.74) is 5.51. The average Bonchev–Trinajstić information content (AvgIpc) is 2.47. The Morgan fingerprint density at radius 3 is 2.17 bits per heavy atom. The van der Waals surface area contributed by atoms with Gasteiger partial charge < -0.3 is 10.6 Å². The first-order valence-electron chi connectivity index (χ1n) is 7.38. The maximum atomic E-state index is 11.6. The number of hydrogen-bond donors (Lipinski definition) is 3. The zero-order chi connectivity index (χ0) is 18.1. The fourth-order valence-corrected chi connectivity index (χ4v) is 3.13. The van der Waals surface area contributed by atoms with Gasteiger partial charge in [-0.15, -0.1) is 0 Å². The van der Waals surface area contributed by atoms with E-state index in [0.717, 1.165) is 27.9 Å². The van der Waals surface area contributed by atoms with Crippen LogP contribution in [0, 0.1) is 27.7 Å². The zero-order valence-corrected chi connectivity index (χ0v) is 15.7. The Bertz CT molecular complexity index is 906. The van der Waals surface area contributed by atoms with E-state index in [1.807, 2.05) is 45.9 Å². The molecule has 24 heavy (non-hydrogen) atoms. The van der Waals surface area contributed by atoms with Crippen LogP contribution in [0.25, 0.3) is 0 Å². The molecule has 0 radical (unpaired) electrons. The Morgan fingerprint density at radius 2 is 1.54 bits per heavy atom. The van der Waals surface area contributed by atoms with E-state index in [-0.39, 0.29) is 4.90 Å². The van der Waals surface area contributed by atoms with Crippen LogP contribution in [0.4, 0.5) is 11.4 Å². The van der Waals surface area contributed by atoms with Gasteiger partial charge in [-0.3, -0.25) is 0 Å². The maximum Gasteiger partial charge on any atom is 0.238 e. The van der Waals surface area contributed by atoms with Crippen molar-refractivity contribution in [2.24, 2.45) is 5.14 Å². The average molecular weight is 364 g/mol. The first kappa shape index (κ1) is 18.4. The third-order valence-corrected chi connectivity index (χ3v) is 5.17. The van der Waals surface area contributed by atoms with Gasteiger partial charge in [-0.25, -0.2) is 13.6 Å². The highest BCUT2D eigenvalue weighted by Gasteiger charge is 2.13. The Balaban J connectivity index is 2.29. The second kappa shape index (κ2) is 6.88. The number of primary sulfonamides is 1. The lowest BCUT2D eigenvalue weighted by molar-refractivity contribution is 0.597. The number of hydrogen-bond acceptors (Lipinski definition) is 3. The molecule has 2 aromatic rings. The van der Waals surface area contributed by atoms with Gasteiger partial charge in [0.15, 0.2) is 5.11 Å². The number of nitrogens with one attached hydrogen (secondary N) is 2. The van der Waals surface area contributed by atoms with Crippen LogP contribution in [0.5, 0.6) is 0 Å². The van der Waals surface area contributed by atoms with Gasteiger partial charge in [0.2, 0.25) is 10.0 Å². The van der Waals surface area contributed by atoms with E-state index in [0.29, 0.717) is 10.8 Å². The van der Waals surface area contributed by atoms with Gasteiger partial charge in [0.25, 0.3) is 0 Å². The number of anilines is 2. The number of sulfonamides is 1. The monoisotopic (exact) mass is 363 g/mol. The predicted molar refractivity (Wildman–Crippen MR) is 103 cm³/mol. The van der Waals surface area contributed by atoms with E-state index in [1.54, 1.807) is 6.07 Å². The highest BCUT2D eigenvalue weighted by atomic mass is 32.2.